The number of para-hydroxylation sites is 3. The van der Waals surface area contributed by atoms with Crippen LogP contribution < -0.4 is 0 Å². The van der Waals surface area contributed by atoms with Gasteiger partial charge < -0.3 is 9.13 Å². The Bertz CT molecular complexity index is 3130. The molecule has 0 saturated heterocycles. The minimum Gasteiger partial charge on any atom is -0.309 e. The van der Waals surface area contributed by atoms with Gasteiger partial charge in [0.2, 0.25) is 0 Å². The molecule has 0 saturated carbocycles. The molecule has 246 valence electrons. The molecular formula is C48H29N5. The van der Waals surface area contributed by atoms with Crippen LogP contribution in [0.5, 0.6) is 0 Å². The van der Waals surface area contributed by atoms with Crippen molar-refractivity contribution in [2.75, 3.05) is 0 Å². The molecule has 5 nitrogen and oxygen atoms in total. The monoisotopic (exact) mass is 675 g/mol. The molecule has 0 atom stereocenters. The molecule has 53 heavy (non-hydrogen) atoms. The van der Waals surface area contributed by atoms with Crippen molar-refractivity contribution in [2.24, 2.45) is 0 Å². The van der Waals surface area contributed by atoms with Crippen LogP contribution in [0.1, 0.15) is 41.7 Å². The molecule has 2 aromatic heterocycles. The molecule has 2 heterocycles. The summed E-state index contributed by atoms with van der Waals surface area (Å²) >= 11 is 0. The van der Waals surface area contributed by atoms with E-state index in [2.05, 4.69) is 126 Å². The van der Waals surface area contributed by atoms with E-state index in [0.717, 1.165) is 49.3 Å². The lowest BCUT2D eigenvalue weighted by Gasteiger charge is -2.22. The molecule has 0 unspecified atom stereocenters. The number of hydrogen-bond acceptors (Lipinski definition) is 3. The summed E-state index contributed by atoms with van der Waals surface area (Å²) in [5.41, 5.74) is 12.9. The Labute approximate surface area is 306 Å². The quantitative estimate of drug-likeness (QED) is 0.187. The van der Waals surface area contributed by atoms with E-state index in [-0.39, 0.29) is 5.41 Å². The van der Waals surface area contributed by atoms with E-state index in [1.165, 1.54) is 22.3 Å². The molecular weight excluding hydrogens is 647 g/mol. The summed E-state index contributed by atoms with van der Waals surface area (Å²) in [6.07, 6.45) is 0. The van der Waals surface area contributed by atoms with Crippen molar-refractivity contribution < 1.29 is 0 Å². The summed E-state index contributed by atoms with van der Waals surface area (Å²) in [6, 6.07) is 54.6. The molecule has 0 spiro atoms. The van der Waals surface area contributed by atoms with Crippen molar-refractivity contribution in [1.29, 1.82) is 15.8 Å². The van der Waals surface area contributed by atoms with Crippen LogP contribution in [-0.2, 0) is 5.41 Å². The van der Waals surface area contributed by atoms with Crippen LogP contribution in [0.2, 0.25) is 0 Å². The molecule has 1 aliphatic rings. The SMILES string of the molecule is CC1(C)c2ccccc2-c2cc3c4ccccc4n(-c4ccc(C#N)c(-c5cc(C#N)cc(C#N)c5-n5c6ccccc6c6ccccc65)c4)c3cc21. The van der Waals surface area contributed by atoms with E-state index in [4.69, 9.17) is 0 Å². The lowest BCUT2D eigenvalue weighted by Crippen LogP contribution is -2.15. The Morgan fingerprint density at radius 3 is 1.70 bits per heavy atom. The average Bonchev–Trinajstić information content (AvgIpc) is 3.79. The normalized spacial score (nSPS) is 12.8. The summed E-state index contributed by atoms with van der Waals surface area (Å²) < 4.78 is 4.39. The zero-order chi connectivity index (χ0) is 36.0. The number of fused-ring (bicyclic) bond motifs is 9. The lowest BCUT2D eigenvalue weighted by atomic mass is 9.82. The standard InChI is InChI=1S/C48H29N5/c1-48(2)41-15-7-3-11-33(41)38-24-39-36-14-6-8-16-43(36)52(46(39)25-42(38)48)32-20-19-30(27-50)37(23-32)40-22-29(26-49)21-31(28-51)47(40)53-44-17-9-4-12-34(44)35-13-5-10-18-45(35)53/h3-25H,1-2H3. The van der Waals surface area contributed by atoms with E-state index in [0.29, 0.717) is 33.5 Å². The van der Waals surface area contributed by atoms with Gasteiger partial charge in [-0.25, -0.2) is 0 Å². The highest BCUT2D eigenvalue weighted by atomic mass is 15.0. The number of rotatable bonds is 3. The van der Waals surface area contributed by atoms with E-state index in [9.17, 15) is 15.8 Å². The fourth-order valence-corrected chi connectivity index (χ4v) is 8.83. The Morgan fingerprint density at radius 2 is 1.04 bits per heavy atom. The maximum absolute atomic E-state index is 10.7. The Balaban J connectivity index is 1.29. The topological polar surface area (TPSA) is 81.2 Å². The van der Waals surface area contributed by atoms with Gasteiger partial charge in [-0.1, -0.05) is 92.7 Å². The van der Waals surface area contributed by atoms with Gasteiger partial charge in [0.15, 0.2) is 0 Å². The molecule has 0 radical (unpaired) electrons. The fraction of sp³-hybridized carbons (Fsp3) is 0.0625. The lowest BCUT2D eigenvalue weighted by molar-refractivity contribution is 0.661. The van der Waals surface area contributed by atoms with Gasteiger partial charge in [0.1, 0.15) is 6.07 Å². The molecule has 0 amide bonds. The maximum atomic E-state index is 10.7. The Morgan fingerprint density at radius 1 is 0.434 bits per heavy atom. The fourth-order valence-electron chi connectivity index (χ4n) is 8.83. The Hall–Kier alpha value is -7.39. The minimum absolute atomic E-state index is 0.181. The van der Waals surface area contributed by atoms with E-state index in [1.54, 1.807) is 6.07 Å². The smallest absolute Gasteiger partial charge is 0.101 e. The maximum Gasteiger partial charge on any atom is 0.101 e. The summed E-state index contributed by atoms with van der Waals surface area (Å²) in [7, 11) is 0. The highest BCUT2D eigenvalue weighted by Gasteiger charge is 2.36. The molecule has 10 rings (SSSR count). The number of benzene rings is 7. The zero-order valence-electron chi connectivity index (χ0n) is 29.0. The van der Waals surface area contributed by atoms with Crippen LogP contribution >= 0.6 is 0 Å². The highest BCUT2D eigenvalue weighted by molar-refractivity contribution is 6.12. The van der Waals surface area contributed by atoms with E-state index in [1.807, 2.05) is 48.5 Å². The van der Waals surface area contributed by atoms with Crippen LogP contribution in [0, 0.1) is 34.0 Å². The van der Waals surface area contributed by atoms with Crippen LogP contribution in [0.15, 0.2) is 140 Å². The molecule has 0 bridgehead atoms. The van der Waals surface area contributed by atoms with Crippen LogP contribution in [0.4, 0.5) is 0 Å². The summed E-state index contributed by atoms with van der Waals surface area (Å²) in [5, 5.41) is 35.9. The van der Waals surface area contributed by atoms with Gasteiger partial charge in [0.05, 0.1) is 56.6 Å². The van der Waals surface area contributed by atoms with E-state index < -0.39 is 0 Å². The largest absolute Gasteiger partial charge is 0.309 e. The van der Waals surface area contributed by atoms with Crippen LogP contribution in [0.25, 0.3) is 77.2 Å². The minimum atomic E-state index is -0.181. The van der Waals surface area contributed by atoms with Gasteiger partial charge >= 0.3 is 0 Å². The molecule has 0 N–H and O–H groups in total. The second-order valence-electron chi connectivity index (χ2n) is 14.3. The van der Waals surface area contributed by atoms with E-state index >= 15 is 0 Å². The van der Waals surface area contributed by atoms with Gasteiger partial charge in [0, 0.05) is 43.8 Å². The molecule has 1 aliphatic carbocycles. The zero-order valence-corrected chi connectivity index (χ0v) is 29.0. The van der Waals surface area contributed by atoms with Gasteiger partial charge in [-0.2, -0.15) is 15.8 Å². The van der Waals surface area contributed by atoms with Crippen molar-refractivity contribution in [1.82, 2.24) is 9.13 Å². The third kappa shape index (κ3) is 4.16. The Kier molecular flexibility index (Phi) is 6.35. The van der Waals surface area contributed by atoms with Gasteiger partial charge in [-0.15, -0.1) is 0 Å². The number of nitrogens with zero attached hydrogens (tertiary/aromatic N) is 5. The van der Waals surface area contributed by atoms with Gasteiger partial charge in [-0.05, 0) is 82.9 Å². The summed E-state index contributed by atoms with van der Waals surface area (Å²) in [5.74, 6) is 0. The first-order chi connectivity index (χ1) is 25.9. The van der Waals surface area contributed by atoms with Crippen molar-refractivity contribution >= 4 is 43.6 Å². The first-order valence-electron chi connectivity index (χ1n) is 17.6. The molecule has 5 heteroatoms. The van der Waals surface area contributed by atoms with Gasteiger partial charge in [0.25, 0.3) is 0 Å². The number of hydrogen-bond donors (Lipinski definition) is 0. The van der Waals surface area contributed by atoms with Crippen molar-refractivity contribution in [3.05, 3.63) is 167 Å². The predicted octanol–water partition coefficient (Wildman–Crippen LogP) is 11.5. The predicted molar refractivity (Wildman–Crippen MR) is 212 cm³/mol. The third-order valence-electron chi connectivity index (χ3n) is 11.2. The molecule has 9 aromatic rings. The molecule has 7 aromatic carbocycles. The second-order valence-corrected chi connectivity index (χ2v) is 14.3. The van der Waals surface area contributed by atoms with Gasteiger partial charge in [-0.3, -0.25) is 0 Å². The van der Waals surface area contributed by atoms with Crippen molar-refractivity contribution in [2.45, 2.75) is 19.3 Å². The van der Waals surface area contributed by atoms with Crippen LogP contribution in [-0.4, -0.2) is 9.13 Å². The van der Waals surface area contributed by atoms with Crippen molar-refractivity contribution in [3.8, 4) is 51.8 Å². The first-order valence-corrected chi connectivity index (χ1v) is 17.6. The number of nitriles is 3. The number of aromatic nitrogens is 2. The summed E-state index contributed by atoms with van der Waals surface area (Å²) in [4.78, 5) is 0. The van der Waals surface area contributed by atoms with Crippen LogP contribution in [0.3, 0.4) is 0 Å². The highest BCUT2D eigenvalue weighted by Crippen LogP contribution is 2.51. The molecule has 0 aliphatic heterocycles. The first kappa shape index (κ1) is 30.4. The van der Waals surface area contributed by atoms with Crippen molar-refractivity contribution in [3.63, 3.8) is 0 Å². The third-order valence-corrected chi connectivity index (χ3v) is 11.2. The second kappa shape index (κ2) is 11.1. The average molecular weight is 676 g/mol. The molecule has 0 fully saturated rings. The summed E-state index contributed by atoms with van der Waals surface area (Å²) in [6.45, 7) is 4.59.